The highest BCUT2D eigenvalue weighted by atomic mass is 16.4. The van der Waals surface area contributed by atoms with Crippen LogP contribution in [0.25, 0.3) is 0 Å². The fourth-order valence-corrected chi connectivity index (χ4v) is 1.96. The Bertz CT molecular complexity index is 397. The van der Waals surface area contributed by atoms with Gasteiger partial charge in [0.15, 0.2) is 0 Å². The van der Waals surface area contributed by atoms with Crippen LogP contribution in [0.15, 0.2) is 0 Å². The third-order valence-electron chi connectivity index (χ3n) is 3.15. The second kappa shape index (κ2) is 7.43. The van der Waals surface area contributed by atoms with Crippen molar-refractivity contribution in [2.45, 2.75) is 54.0 Å². The summed E-state index contributed by atoms with van der Waals surface area (Å²) in [6.45, 7) is 10.2. The molecule has 0 saturated heterocycles. The number of hydrogen-bond donors (Lipinski definition) is 2. The largest absolute Gasteiger partial charge is 0.481 e. The van der Waals surface area contributed by atoms with E-state index in [9.17, 15) is 19.5 Å². The lowest BCUT2D eigenvalue weighted by Crippen LogP contribution is -2.52. The highest BCUT2D eigenvalue weighted by Gasteiger charge is 2.37. The van der Waals surface area contributed by atoms with Crippen molar-refractivity contribution in [3.63, 3.8) is 0 Å². The molecule has 2 atom stereocenters. The number of carboxylic acids is 2. The van der Waals surface area contributed by atoms with Gasteiger partial charge in [0.25, 0.3) is 0 Å². The molecule has 0 radical (unpaired) electrons. The molecule has 1 amide bonds. The minimum Gasteiger partial charge on any atom is -0.481 e. The molecule has 2 unspecified atom stereocenters. The second-order valence-electron chi connectivity index (χ2n) is 6.93. The zero-order valence-corrected chi connectivity index (χ0v) is 13.7. The van der Waals surface area contributed by atoms with Crippen LogP contribution in [0, 0.1) is 17.3 Å². The van der Waals surface area contributed by atoms with Crippen molar-refractivity contribution in [1.82, 2.24) is 4.90 Å². The molecular weight excluding hydrogens is 274 g/mol. The van der Waals surface area contributed by atoms with Crippen molar-refractivity contribution in [2.75, 3.05) is 6.54 Å². The minimum atomic E-state index is -1.10. The highest BCUT2D eigenvalue weighted by molar-refractivity contribution is 5.87. The van der Waals surface area contributed by atoms with Crippen LogP contribution >= 0.6 is 0 Å². The van der Waals surface area contributed by atoms with E-state index in [0.717, 1.165) is 0 Å². The molecule has 6 nitrogen and oxygen atoms in total. The van der Waals surface area contributed by atoms with Crippen molar-refractivity contribution >= 4 is 17.8 Å². The lowest BCUT2D eigenvalue weighted by atomic mass is 9.91. The Balaban J connectivity index is 5.49. The summed E-state index contributed by atoms with van der Waals surface area (Å²) in [5.74, 6) is -3.22. The molecule has 0 aliphatic rings. The third-order valence-corrected chi connectivity index (χ3v) is 3.15. The van der Waals surface area contributed by atoms with E-state index in [2.05, 4.69) is 0 Å². The first kappa shape index (κ1) is 19.4. The van der Waals surface area contributed by atoms with Gasteiger partial charge in [-0.2, -0.15) is 0 Å². The van der Waals surface area contributed by atoms with E-state index in [1.54, 1.807) is 20.8 Å². The lowest BCUT2D eigenvalue weighted by Gasteiger charge is -2.35. The van der Waals surface area contributed by atoms with Crippen molar-refractivity contribution < 1.29 is 24.6 Å². The first-order chi connectivity index (χ1) is 9.37. The molecule has 0 aliphatic carbocycles. The molecule has 0 saturated carbocycles. The standard InChI is InChI=1S/C15H27NO5/c1-9(2)7-11(13(19)20)16(8-10(3)12(17)18)14(21)15(4,5)6/h9-11H,7-8H2,1-6H3,(H,17,18)(H,19,20). The van der Waals surface area contributed by atoms with Gasteiger partial charge in [0, 0.05) is 12.0 Å². The number of carbonyl (C=O) groups excluding carboxylic acids is 1. The average Bonchev–Trinajstić information content (AvgIpc) is 2.30. The van der Waals surface area contributed by atoms with Gasteiger partial charge in [0.05, 0.1) is 5.92 Å². The molecule has 0 aromatic carbocycles. The third kappa shape index (κ3) is 6.14. The molecule has 21 heavy (non-hydrogen) atoms. The van der Waals surface area contributed by atoms with Crippen LogP contribution in [0.5, 0.6) is 0 Å². The van der Waals surface area contributed by atoms with E-state index in [1.165, 1.54) is 11.8 Å². The van der Waals surface area contributed by atoms with Crippen LogP contribution in [-0.4, -0.2) is 45.5 Å². The summed E-state index contributed by atoms with van der Waals surface area (Å²) < 4.78 is 0. The van der Waals surface area contributed by atoms with Gasteiger partial charge in [0.1, 0.15) is 6.04 Å². The van der Waals surface area contributed by atoms with Crippen LogP contribution in [0.1, 0.15) is 48.0 Å². The SMILES string of the molecule is CC(C)CC(C(=O)O)N(CC(C)C(=O)O)C(=O)C(C)(C)C. The smallest absolute Gasteiger partial charge is 0.326 e. The Morgan fingerprint density at radius 3 is 1.76 bits per heavy atom. The Kier molecular flexibility index (Phi) is 6.86. The maximum absolute atomic E-state index is 12.5. The van der Waals surface area contributed by atoms with E-state index in [1.807, 2.05) is 13.8 Å². The van der Waals surface area contributed by atoms with Gasteiger partial charge in [-0.15, -0.1) is 0 Å². The van der Waals surface area contributed by atoms with Crippen LogP contribution in [0.2, 0.25) is 0 Å². The first-order valence-electron chi connectivity index (χ1n) is 7.14. The molecule has 2 N–H and O–H groups in total. The van der Waals surface area contributed by atoms with Gasteiger partial charge in [-0.25, -0.2) is 4.79 Å². The molecule has 6 heteroatoms. The molecule has 0 aromatic heterocycles. The monoisotopic (exact) mass is 301 g/mol. The van der Waals surface area contributed by atoms with Gasteiger partial charge in [-0.05, 0) is 12.3 Å². The maximum Gasteiger partial charge on any atom is 0.326 e. The quantitative estimate of drug-likeness (QED) is 0.750. The van der Waals surface area contributed by atoms with E-state index in [-0.39, 0.29) is 18.4 Å². The summed E-state index contributed by atoms with van der Waals surface area (Å²) in [4.78, 5) is 36.3. The molecule has 0 fully saturated rings. The predicted molar refractivity (Wildman–Crippen MR) is 78.8 cm³/mol. The fourth-order valence-electron chi connectivity index (χ4n) is 1.96. The molecule has 0 aromatic rings. The number of hydrogen-bond acceptors (Lipinski definition) is 3. The van der Waals surface area contributed by atoms with E-state index >= 15 is 0 Å². The maximum atomic E-state index is 12.5. The molecule has 122 valence electrons. The Hall–Kier alpha value is -1.59. The minimum absolute atomic E-state index is 0.0847. The van der Waals surface area contributed by atoms with E-state index < -0.39 is 29.3 Å². The van der Waals surface area contributed by atoms with Gasteiger partial charge in [0.2, 0.25) is 5.91 Å². The summed E-state index contributed by atoms with van der Waals surface area (Å²) in [5.41, 5.74) is -0.761. The van der Waals surface area contributed by atoms with Crippen molar-refractivity contribution in [3.05, 3.63) is 0 Å². The predicted octanol–water partition coefficient (Wildman–Crippen LogP) is 2.08. The lowest BCUT2D eigenvalue weighted by molar-refractivity contribution is -0.157. The number of nitrogens with zero attached hydrogens (tertiary/aromatic N) is 1. The number of carbonyl (C=O) groups is 3. The first-order valence-corrected chi connectivity index (χ1v) is 7.14. The summed E-state index contributed by atoms with van der Waals surface area (Å²) in [7, 11) is 0. The number of aliphatic carboxylic acids is 2. The van der Waals surface area contributed by atoms with Crippen molar-refractivity contribution in [1.29, 1.82) is 0 Å². The summed E-state index contributed by atoms with van der Waals surface area (Å²) in [6, 6.07) is -1.00. The number of rotatable bonds is 7. The zero-order valence-electron chi connectivity index (χ0n) is 13.7. The van der Waals surface area contributed by atoms with Gasteiger partial charge in [-0.1, -0.05) is 41.5 Å². The number of carboxylic acid groups (broad SMARTS) is 2. The van der Waals surface area contributed by atoms with Gasteiger partial charge < -0.3 is 15.1 Å². The van der Waals surface area contributed by atoms with Gasteiger partial charge >= 0.3 is 11.9 Å². The molecule has 0 bridgehead atoms. The van der Waals surface area contributed by atoms with E-state index in [0.29, 0.717) is 6.42 Å². The zero-order chi connectivity index (χ0) is 17.0. The van der Waals surface area contributed by atoms with E-state index in [4.69, 9.17) is 5.11 Å². The highest BCUT2D eigenvalue weighted by Crippen LogP contribution is 2.23. The average molecular weight is 301 g/mol. The molecule has 0 heterocycles. The fraction of sp³-hybridized carbons (Fsp3) is 0.800. The molecule has 0 aliphatic heterocycles. The van der Waals surface area contributed by atoms with Crippen molar-refractivity contribution in [2.24, 2.45) is 17.3 Å². The normalized spacial score (nSPS) is 14.6. The summed E-state index contributed by atoms with van der Waals surface area (Å²) >= 11 is 0. The summed E-state index contributed by atoms with van der Waals surface area (Å²) in [5, 5.41) is 18.4. The number of amides is 1. The second-order valence-corrected chi connectivity index (χ2v) is 6.93. The summed E-state index contributed by atoms with van der Waals surface area (Å²) in [6.07, 6.45) is 0.295. The van der Waals surface area contributed by atoms with Crippen LogP contribution < -0.4 is 0 Å². The molecular formula is C15H27NO5. The molecule has 0 spiro atoms. The van der Waals surface area contributed by atoms with Crippen molar-refractivity contribution in [3.8, 4) is 0 Å². The molecule has 0 rings (SSSR count). The Labute approximate surface area is 126 Å². The van der Waals surface area contributed by atoms with Crippen LogP contribution in [-0.2, 0) is 14.4 Å². The topological polar surface area (TPSA) is 94.9 Å². The van der Waals surface area contributed by atoms with Crippen LogP contribution in [0.3, 0.4) is 0 Å². The van der Waals surface area contributed by atoms with Gasteiger partial charge in [-0.3, -0.25) is 9.59 Å². The Morgan fingerprint density at radius 1 is 1.00 bits per heavy atom. The van der Waals surface area contributed by atoms with Crippen LogP contribution in [0.4, 0.5) is 0 Å². The Morgan fingerprint density at radius 2 is 1.48 bits per heavy atom.